The standard InChI is InChI=1S/C13H20IN3O3S/c1-3-5-15-13-11(14)10(7-20-2)16-12(17-13)9-4-6-21(18,19)8-9/h9H,3-8H2,1-2H3,(H,15,16,17). The van der Waals surface area contributed by atoms with Crippen LogP contribution in [0.15, 0.2) is 0 Å². The largest absolute Gasteiger partial charge is 0.378 e. The number of anilines is 1. The van der Waals surface area contributed by atoms with E-state index < -0.39 is 9.84 Å². The fourth-order valence-corrected chi connectivity index (χ4v) is 4.61. The minimum Gasteiger partial charge on any atom is -0.378 e. The zero-order valence-corrected chi connectivity index (χ0v) is 15.2. The summed E-state index contributed by atoms with van der Waals surface area (Å²) < 4.78 is 29.4. The lowest BCUT2D eigenvalue weighted by atomic mass is 10.1. The van der Waals surface area contributed by atoms with Gasteiger partial charge in [0.1, 0.15) is 11.6 Å². The zero-order chi connectivity index (χ0) is 15.5. The first-order chi connectivity index (χ1) is 9.96. The van der Waals surface area contributed by atoms with Gasteiger partial charge in [-0.3, -0.25) is 0 Å². The van der Waals surface area contributed by atoms with Gasteiger partial charge in [0.2, 0.25) is 0 Å². The van der Waals surface area contributed by atoms with Crippen molar-refractivity contribution in [1.82, 2.24) is 9.97 Å². The Morgan fingerprint density at radius 2 is 2.19 bits per heavy atom. The summed E-state index contributed by atoms with van der Waals surface area (Å²) in [7, 11) is -1.32. The molecular formula is C13H20IN3O3S. The van der Waals surface area contributed by atoms with Crippen molar-refractivity contribution in [3.05, 3.63) is 15.1 Å². The summed E-state index contributed by atoms with van der Waals surface area (Å²) in [5.41, 5.74) is 0.811. The molecule has 1 aromatic rings. The molecule has 0 saturated carbocycles. The number of sulfone groups is 1. The van der Waals surface area contributed by atoms with Crippen LogP contribution in [0.2, 0.25) is 0 Å². The normalized spacial score (nSPS) is 20.6. The van der Waals surface area contributed by atoms with Gasteiger partial charge < -0.3 is 10.1 Å². The number of nitrogens with zero attached hydrogens (tertiary/aromatic N) is 2. The first kappa shape index (κ1) is 16.9. The third kappa shape index (κ3) is 4.26. The van der Waals surface area contributed by atoms with Crippen molar-refractivity contribution < 1.29 is 13.2 Å². The van der Waals surface area contributed by atoms with Gasteiger partial charge in [-0.2, -0.15) is 0 Å². The molecule has 2 rings (SSSR count). The molecule has 0 spiro atoms. The molecule has 21 heavy (non-hydrogen) atoms. The van der Waals surface area contributed by atoms with Crippen molar-refractivity contribution in [2.24, 2.45) is 0 Å². The van der Waals surface area contributed by atoms with Crippen LogP contribution in [-0.4, -0.2) is 43.5 Å². The molecule has 1 unspecified atom stereocenters. The molecule has 6 nitrogen and oxygen atoms in total. The second-order valence-electron chi connectivity index (χ2n) is 5.15. The molecule has 8 heteroatoms. The summed E-state index contributed by atoms with van der Waals surface area (Å²) in [4.78, 5) is 9.08. The summed E-state index contributed by atoms with van der Waals surface area (Å²) in [6, 6.07) is 0. The molecule has 0 aromatic carbocycles. The van der Waals surface area contributed by atoms with E-state index in [0.29, 0.717) is 18.9 Å². The van der Waals surface area contributed by atoms with Crippen LogP contribution >= 0.6 is 22.6 Å². The SMILES string of the molecule is CCCNc1nc(C2CCS(=O)(=O)C2)nc(COC)c1I. The molecule has 1 aliphatic rings. The van der Waals surface area contributed by atoms with E-state index in [1.807, 2.05) is 0 Å². The average molecular weight is 425 g/mol. The molecule has 1 aliphatic heterocycles. The molecule has 0 radical (unpaired) electrons. The Morgan fingerprint density at radius 3 is 2.76 bits per heavy atom. The highest BCUT2D eigenvalue weighted by atomic mass is 127. The van der Waals surface area contributed by atoms with Crippen LogP contribution in [0.1, 0.15) is 37.2 Å². The number of hydrogen-bond acceptors (Lipinski definition) is 6. The molecule has 0 aliphatic carbocycles. The Morgan fingerprint density at radius 1 is 1.43 bits per heavy atom. The van der Waals surface area contributed by atoms with Gasteiger partial charge in [0, 0.05) is 19.6 Å². The van der Waals surface area contributed by atoms with Gasteiger partial charge in [-0.15, -0.1) is 0 Å². The van der Waals surface area contributed by atoms with Crippen LogP contribution in [-0.2, 0) is 21.2 Å². The summed E-state index contributed by atoms with van der Waals surface area (Å²) in [6.07, 6.45) is 1.59. The van der Waals surface area contributed by atoms with Crippen molar-refractivity contribution in [2.45, 2.75) is 32.3 Å². The third-order valence-corrected chi connectivity index (χ3v) is 6.26. The van der Waals surface area contributed by atoms with Crippen molar-refractivity contribution in [1.29, 1.82) is 0 Å². The van der Waals surface area contributed by atoms with Crippen LogP contribution in [0, 0.1) is 3.57 Å². The summed E-state index contributed by atoms with van der Waals surface area (Å²) in [5.74, 6) is 1.66. The topological polar surface area (TPSA) is 81.2 Å². The Labute approximate surface area is 139 Å². The highest BCUT2D eigenvalue weighted by Crippen LogP contribution is 2.29. The Kier molecular flexibility index (Phi) is 5.78. The fraction of sp³-hybridized carbons (Fsp3) is 0.692. The van der Waals surface area contributed by atoms with Gasteiger partial charge in [0.25, 0.3) is 0 Å². The number of ether oxygens (including phenoxy) is 1. The van der Waals surface area contributed by atoms with Crippen molar-refractivity contribution in [2.75, 3.05) is 30.5 Å². The van der Waals surface area contributed by atoms with Gasteiger partial charge in [0.15, 0.2) is 9.84 Å². The molecule has 118 valence electrons. The highest BCUT2D eigenvalue weighted by molar-refractivity contribution is 14.1. The number of aromatic nitrogens is 2. The van der Waals surface area contributed by atoms with Gasteiger partial charge in [-0.1, -0.05) is 6.92 Å². The lowest BCUT2D eigenvalue weighted by Gasteiger charge is -2.14. The lowest BCUT2D eigenvalue weighted by molar-refractivity contribution is 0.180. The van der Waals surface area contributed by atoms with Gasteiger partial charge in [0.05, 0.1) is 27.4 Å². The van der Waals surface area contributed by atoms with E-state index in [9.17, 15) is 8.42 Å². The second-order valence-corrected chi connectivity index (χ2v) is 8.46. The summed E-state index contributed by atoms with van der Waals surface area (Å²) in [6.45, 7) is 3.30. The van der Waals surface area contributed by atoms with E-state index in [0.717, 1.165) is 28.0 Å². The molecule has 0 amide bonds. The molecular weight excluding hydrogens is 405 g/mol. The van der Waals surface area contributed by atoms with Crippen molar-refractivity contribution in [3.8, 4) is 0 Å². The van der Waals surface area contributed by atoms with E-state index in [4.69, 9.17) is 4.74 Å². The minimum atomic E-state index is -2.94. The Bertz CT molecular complexity index is 607. The van der Waals surface area contributed by atoms with Crippen molar-refractivity contribution in [3.63, 3.8) is 0 Å². The second kappa shape index (κ2) is 7.19. The summed E-state index contributed by atoms with van der Waals surface area (Å²) >= 11 is 2.20. The maximum Gasteiger partial charge on any atom is 0.151 e. The predicted octanol–water partition coefficient (Wildman–Crippen LogP) is 1.95. The molecule has 1 fully saturated rings. The minimum absolute atomic E-state index is 0.107. The van der Waals surface area contributed by atoms with E-state index in [1.54, 1.807) is 7.11 Å². The first-order valence-electron chi connectivity index (χ1n) is 6.96. The van der Waals surface area contributed by atoms with Crippen LogP contribution in [0.25, 0.3) is 0 Å². The number of nitrogens with one attached hydrogen (secondary N) is 1. The predicted molar refractivity (Wildman–Crippen MR) is 90.3 cm³/mol. The van der Waals surface area contributed by atoms with Crippen LogP contribution in [0.5, 0.6) is 0 Å². The summed E-state index contributed by atoms with van der Waals surface area (Å²) in [5, 5.41) is 3.28. The first-order valence-corrected chi connectivity index (χ1v) is 9.86. The fourth-order valence-electron chi connectivity index (χ4n) is 2.29. The van der Waals surface area contributed by atoms with Crippen molar-refractivity contribution >= 4 is 38.2 Å². The van der Waals surface area contributed by atoms with Crippen LogP contribution < -0.4 is 5.32 Å². The quantitative estimate of drug-likeness (QED) is 0.702. The monoisotopic (exact) mass is 425 g/mol. The number of rotatable bonds is 6. The van der Waals surface area contributed by atoms with E-state index in [1.165, 1.54) is 0 Å². The van der Waals surface area contributed by atoms with Gasteiger partial charge >= 0.3 is 0 Å². The molecule has 2 heterocycles. The highest BCUT2D eigenvalue weighted by Gasteiger charge is 2.31. The third-order valence-electron chi connectivity index (χ3n) is 3.36. The number of methoxy groups -OCH3 is 1. The maximum absolute atomic E-state index is 11.7. The number of halogens is 1. The van der Waals surface area contributed by atoms with E-state index in [2.05, 4.69) is 44.8 Å². The van der Waals surface area contributed by atoms with Gasteiger partial charge in [-0.25, -0.2) is 18.4 Å². The van der Waals surface area contributed by atoms with Crippen LogP contribution in [0.3, 0.4) is 0 Å². The Balaban J connectivity index is 2.34. The zero-order valence-electron chi connectivity index (χ0n) is 12.2. The maximum atomic E-state index is 11.7. The molecule has 1 atom stereocenters. The molecule has 1 aromatic heterocycles. The van der Waals surface area contributed by atoms with E-state index in [-0.39, 0.29) is 17.4 Å². The Hall–Kier alpha value is -0.480. The van der Waals surface area contributed by atoms with Gasteiger partial charge in [-0.05, 0) is 35.4 Å². The van der Waals surface area contributed by atoms with Crippen LogP contribution in [0.4, 0.5) is 5.82 Å². The average Bonchev–Trinajstić information content (AvgIpc) is 2.80. The molecule has 1 N–H and O–H groups in total. The smallest absolute Gasteiger partial charge is 0.151 e. The number of hydrogen-bond donors (Lipinski definition) is 1. The van der Waals surface area contributed by atoms with E-state index >= 15 is 0 Å². The molecule has 1 saturated heterocycles. The lowest BCUT2D eigenvalue weighted by Crippen LogP contribution is -2.14. The molecule has 0 bridgehead atoms.